The summed E-state index contributed by atoms with van der Waals surface area (Å²) in [6, 6.07) is 3.72. The Kier molecular flexibility index (Phi) is 5.33. The van der Waals surface area contributed by atoms with Crippen LogP contribution in [0.25, 0.3) is 0 Å². The van der Waals surface area contributed by atoms with Crippen molar-refractivity contribution in [3.8, 4) is 0 Å². The fourth-order valence-electron chi connectivity index (χ4n) is 1.99. The van der Waals surface area contributed by atoms with E-state index in [1.807, 2.05) is 30.4 Å². The van der Waals surface area contributed by atoms with E-state index < -0.39 is 11.6 Å². The normalized spacial score (nSPS) is 21.8. The van der Waals surface area contributed by atoms with Crippen LogP contribution in [-0.2, 0) is 0 Å². The van der Waals surface area contributed by atoms with Crippen molar-refractivity contribution in [2.45, 2.75) is 18.2 Å². The second kappa shape index (κ2) is 6.78. The van der Waals surface area contributed by atoms with Crippen LogP contribution >= 0.6 is 23.5 Å². The predicted molar refractivity (Wildman–Crippen MR) is 76.3 cm³/mol. The Hall–Kier alpha value is -0.260. The summed E-state index contributed by atoms with van der Waals surface area (Å²) in [4.78, 5) is 0. The first-order valence-electron chi connectivity index (χ1n) is 6.05. The third-order valence-electron chi connectivity index (χ3n) is 2.97. The van der Waals surface area contributed by atoms with Gasteiger partial charge in [0.1, 0.15) is 11.6 Å². The third kappa shape index (κ3) is 3.62. The van der Waals surface area contributed by atoms with Crippen LogP contribution in [0.3, 0.4) is 0 Å². The van der Waals surface area contributed by atoms with Gasteiger partial charge in [0.25, 0.3) is 0 Å². The molecule has 100 valence electrons. The maximum Gasteiger partial charge on any atom is 0.130 e. The fraction of sp³-hybridized carbons (Fsp3) is 0.538. The highest BCUT2D eigenvalue weighted by Gasteiger charge is 2.19. The van der Waals surface area contributed by atoms with E-state index in [1.165, 1.54) is 29.7 Å². The monoisotopic (exact) mass is 289 g/mol. The Labute approximate surface area is 115 Å². The van der Waals surface area contributed by atoms with E-state index in [0.29, 0.717) is 5.25 Å². The second-order valence-electron chi connectivity index (χ2n) is 4.33. The maximum atomic E-state index is 13.6. The van der Waals surface area contributed by atoms with Crippen LogP contribution in [0.5, 0.6) is 0 Å². The lowest BCUT2D eigenvalue weighted by Gasteiger charge is -2.24. The molecule has 1 N–H and O–H groups in total. The number of benzene rings is 1. The Bertz CT molecular complexity index is 374. The van der Waals surface area contributed by atoms with Crippen molar-refractivity contribution in [3.05, 3.63) is 35.4 Å². The molecule has 2 unspecified atom stereocenters. The molecule has 1 aromatic rings. The zero-order valence-corrected chi connectivity index (χ0v) is 11.9. The molecule has 0 radical (unpaired) electrons. The lowest BCUT2D eigenvalue weighted by molar-refractivity contribution is 0.490. The molecular formula is C13H17F2NS2. The minimum atomic E-state index is -0.472. The van der Waals surface area contributed by atoms with Gasteiger partial charge in [-0.3, -0.25) is 0 Å². The summed E-state index contributed by atoms with van der Waals surface area (Å²) < 4.78 is 27.2. The van der Waals surface area contributed by atoms with E-state index in [2.05, 4.69) is 5.32 Å². The molecule has 0 bridgehead atoms. The SMILES string of the molecule is CC(NCC1CSCCS1)c1c(F)cccc1F. The van der Waals surface area contributed by atoms with Crippen molar-refractivity contribution in [1.82, 2.24) is 5.32 Å². The molecule has 0 saturated carbocycles. The van der Waals surface area contributed by atoms with E-state index in [4.69, 9.17) is 0 Å². The Morgan fingerprint density at radius 2 is 2.06 bits per heavy atom. The molecule has 1 heterocycles. The maximum absolute atomic E-state index is 13.6. The van der Waals surface area contributed by atoms with Crippen molar-refractivity contribution in [2.75, 3.05) is 23.8 Å². The van der Waals surface area contributed by atoms with Crippen molar-refractivity contribution < 1.29 is 8.78 Å². The van der Waals surface area contributed by atoms with Gasteiger partial charge >= 0.3 is 0 Å². The molecule has 0 spiro atoms. The zero-order valence-electron chi connectivity index (χ0n) is 10.3. The van der Waals surface area contributed by atoms with Gasteiger partial charge in [0, 0.05) is 40.7 Å². The van der Waals surface area contributed by atoms with E-state index in [1.54, 1.807) is 0 Å². The smallest absolute Gasteiger partial charge is 0.130 e. The highest BCUT2D eigenvalue weighted by molar-refractivity contribution is 8.06. The Morgan fingerprint density at radius 1 is 1.33 bits per heavy atom. The molecule has 1 fully saturated rings. The predicted octanol–water partition coefficient (Wildman–Crippen LogP) is 3.46. The van der Waals surface area contributed by atoms with Crippen LogP contribution in [0.1, 0.15) is 18.5 Å². The van der Waals surface area contributed by atoms with Crippen LogP contribution < -0.4 is 5.32 Å². The average molecular weight is 289 g/mol. The van der Waals surface area contributed by atoms with Crippen molar-refractivity contribution in [1.29, 1.82) is 0 Å². The molecule has 0 aliphatic carbocycles. The summed E-state index contributed by atoms with van der Waals surface area (Å²) in [7, 11) is 0. The molecule has 1 nitrogen and oxygen atoms in total. The van der Waals surface area contributed by atoms with Crippen LogP contribution in [0.2, 0.25) is 0 Å². The Balaban J connectivity index is 1.92. The van der Waals surface area contributed by atoms with Crippen LogP contribution in [0.4, 0.5) is 8.78 Å². The van der Waals surface area contributed by atoms with E-state index >= 15 is 0 Å². The molecule has 1 aromatic carbocycles. The molecule has 2 atom stereocenters. The van der Waals surface area contributed by atoms with E-state index in [0.717, 1.165) is 12.3 Å². The largest absolute Gasteiger partial charge is 0.309 e. The van der Waals surface area contributed by atoms with E-state index in [9.17, 15) is 8.78 Å². The molecular weight excluding hydrogens is 272 g/mol. The first-order valence-corrected chi connectivity index (χ1v) is 8.25. The number of rotatable bonds is 4. The minimum Gasteiger partial charge on any atom is -0.309 e. The lowest BCUT2D eigenvalue weighted by Crippen LogP contribution is -2.31. The van der Waals surface area contributed by atoms with Gasteiger partial charge in [0.05, 0.1) is 0 Å². The topological polar surface area (TPSA) is 12.0 Å². The van der Waals surface area contributed by atoms with Gasteiger partial charge in [-0.1, -0.05) is 6.07 Å². The summed E-state index contributed by atoms with van der Waals surface area (Å²) in [6.07, 6.45) is 0. The molecule has 0 aromatic heterocycles. The first kappa shape index (κ1) is 14.2. The summed E-state index contributed by atoms with van der Waals surface area (Å²) in [5, 5.41) is 3.78. The average Bonchev–Trinajstić information content (AvgIpc) is 2.37. The first-order chi connectivity index (χ1) is 8.68. The van der Waals surface area contributed by atoms with Gasteiger partial charge in [-0.25, -0.2) is 8.78 Å². The highest BCUT2D eigenvalue weighted by atomic mass is 32.2. The van der Waals surface area contributed by atoms with Gasteiger partial charge < -0.3 is 5.32 Å². The number of nitrogens with one attached hydrogen (secondary N) is 1. The third-order valence-corrected chi connectivity index (χ3v) is 5.81. The van der Waals surface area contributed by atoms with Crippen molar-refractivity contribution in [3.63, 3.8) is 0 Å². The van der Waals surface area contributed by atoms with Crippen LogP contribution in [-0.4, -0.2) is 29.1 Å². The molecule has 5 heteroatoms. The molecule has 0 amide bonds. The van der Waals surface area contributed by atoms with Crippen LogP contribution in [0, 0.1) is 11.6 Å². The summed E-state index contributed by atoms with van der Waals surface area (Å²) in [6.45, 7) is 2.61. The summed E-state index contributed by atoms with van der Waals surface area (Å²) in [5.41, 5.74) is 0.144. The molecule has 18 heavy (non-hydrogen) atoms. The highest BCUT2D eigenvalue weighted by Crippen LogP contribution is 2.25. The number of hydrogen-bond donors (Lipinski definition) is 1. The standard InChI is InChI=1S/C13H17F2NS2/c1-9(13-11(14)3-2-4-12(13)15)16-7-10-8-17-5-6-18-10/h2-4,9-10,16H,5-8H2,1H3. The second-order valence-corrected chi connectivity index (χ2v) is 6.89. The zero-order chi connectivity index (χ0) is 13.0. The van der Waals surface area contributed by atoms with Crippen molar-refractivity contribution in [2.24, 2.45) is 0 Å². The van der Waals surface area contributed by atoms with Gasteiger partial charge in [-0.2, -0.15) is 23.5 Å². The quantitative estimate of drug-likeness (QED) is 0.911. The van der Waals surface area contributed by atoms with Gasteiger partial charge in [0.15, 0.2) is 0 Å². The molecule has 2 rings (SSSR count). The molecule has 1 aliphatic heterocycles. The molecule has 1 aliphatic rings. The fourth-order valence-corrected chi connectivity index (χ4v) is 4.61. The minimum absolute atomic E-state index is 0.144. The number of halogens is 2. The van der Waals surface area contributed by atoms with Crippen molar-refractivity contribution >= 4 is 23.5 Å². The van der Waals surface area contributed by atoms with E-state index in [-0.39, 0.29) is 11.6 Å². The van der Waals surface area contributed by atoms with Gasteiger partial charge in [-0.05, 0) is 19.1 Å². The van der Waals surface area contributed by atoms with Crippen LogP contribution in [0.15, 0.2) is 18.2 Å². The summed E-state index contributed by atoms with van der Waals surface area (Å²) in [5.74, 6) is 2.55. The number of hydrogen-bond acceptors (Lipinski definition) is 3. The van der Waals surface area contributed by atoms with Gasteiger partial charge in [0.2, 0.25) is 0 Å². The van der Waals surface area contributed by atoms with Gasteiger partial charge in [-0.15, -0.1) is 0 Å². The molecule has 1 saturated heterocycles. The number of thioether (sulfide) groups is 2. The summed E-state index contributed by atoms with van der Waals surface area (Å²) >= 11 is 3.89. The lowest BCUT2D eigenvalue weighted by atomic mass is 10.1. The Morgan fingerprint density at radius 3 is 2.67 bits per heavy atom.